The van der Waals surface area contributed by atoms with Crippen LogP contribution in [0.4, 0.5) is 10.8 Å². The molecule has 114 valence electrons. The fourth-order valence-corrected chi connectivity index (χ4v) is 2.86. The van der Waals surface area contributed by atoms with Gasteiger partial charge in [0.25, 0.3) is 0 Å². The molecule has 0 radical (unpaired) electrons. The first-order valence-corrected chi connectivity index (χ1v) is 8.73. The molecule has 5 heteroatoms. The molecule has 0 saturated heterocycles. The number of aromatic nitrogens is 1. The van der Waals surface area contributed by atoms with Gasteiger partial charge in [0.1, 0.15) is 5.75 Å². The maximum Gasteiger partial charge on any atom is 0.187 e. The highest BCUT2D eigenvalue weighted by molar-refractivity contribution is 7.13. The van der Waals surface area contributed by atoms with Crippen molar-refractivity contribution in [3.8, 4) is 5.75 Å². The highest BCUT2D eigenvalue weighted by atomic mass is 35.5. The molecular formula is C16H21ClN2OS. The summed E-state index contributed by atoms with van der Waals surface area (Å²) in [5.74, 6) is 1.36. The van der Waals surface area contributed by atoms with E-state index in [9.17, 15) is 0 Å². The van der Waals surface area contributed by atoms with Gasteiger partial charge in [0.15, 0.2) is 5.13 Å². The van der Waals surface area contributed by atoms with Crippen molar-refractivity contribution >= 4 is 33.8 Å². The summed E-state index contributed by atoms with van der Waals surface area (Å²) < 4.78 is 5.72. The Bertz CT molecular complexity index is 527. The molecule has 0 atom stereocenters. The van der Waals surface area contributed by atoms with Crippen LogP contribution in [0.1, 0.15) is 38.3 Å². The van der Waals surface area contributed by atoms with Crippen LogP contribution in [0, 0.1) is 0 Å². The first-order chi connectivity index (χ1) is 10.3. The number of thiazole rings is 1. The Morgan fingerprint density at radius 2 is 2.00 bits per heavy atom. The molecule has 21 heavy (non-hydrogen) atoms. The summed E-state index contributed by atoms with van der Waals surface area (Å²) in [7, 11) is 0. The number of benzene rings is 1. The van der Waals surface area contributed by atoms with E-state index in [1.165, 1.54) is 19.3 Å². The van der Waals surface area contributed by atoms with Gasteiger partial charge >= 0.3 is 0 Å². The molecule has 1 aromatic heterocycles. The Labute approximate surface area is 135 Å². The lowest BCUT2D eigenvalue weighted by Gasteiger charge is -2.07. The van der Waals surface area contributed by atoms with Gasteiger partial charge in [-0.25, -0.2) is 4.98 Å². The zero-order chi connectivity index (χ0) is 14.9. The third-order valence-corrected chi connectivity index (χ3v) is 4.14. The molecule has 0 bridgehead atoms. The summed E-state index contributed by atoms with van der Waals surface area (Å²) >= 11 is 7.30. The molecular weight excluding hydrogens is 304 g/mol. The van der Waals surface area contributed by atoms with Crippen molar-refractivity contribution in [2.24, 2.45) is 0 Å². The van der Waals surface area contributed by atoms with Crippen LogP contribution in [-0.4, -0.2) is 11.6 Å². The number of nitrogens with one attached hydrogen (secondary N) is 1. The molecule has 1 N–H and O–H groups in total. The van der Waals surface area contributed by atoms with Gasteiger partial charge in [-0.05, 0) is 30.7 Å². The Morgan fingerprint density at radius 3 is 2.67 bits per heavy atom. The summed E-state index contributed by atoms with van der Waals surface area (Å²) in [5, 5.41) is 6.08. The second-order valence-electron chi connectivity index (χ2n) is 4.84. The van der Waals surface area contributed by atoms with Crippen LogP contribution in [0.2, 0.25) is 0 Å². The minimum absolute atomic E-state index is 0.447. The van der Waals surface area contributed by atoms with Gasteiger partial charge in [0.05, 0.1) is 18.2 Å². The number of ether oxygens (including phenoxy) is 1. The molecule has 0 aliphatic rings. The molecule has 1 heterocycles. The van der Waals surface area contributed by atoms with E-state index < -0.39 is 0 Å². The number of nitrogens with zero attached hydrogens (tertiary/aromatic N) is 1. The first-order valence-electron chi connectivity index (χ1n) is 7.32. The lowest BCUT2D eigenvalue weighted by Crippen LogP contribution is -1.97. The monoisotopic (exact) mass is 324 g/mol. The van der Waals surface area contributed by atoms with Gasteiger partial charge in [-0.1, -0.05) is 26.2 Å². The first kappa shape index (κ1) is 16.1. The molecule has 2 rings (SSSR count). The van der Waals surface area contributed by atoms with E-state index in [4.69, 9.17) is 16.3 Å². The largest absolute Gasteiger partial charge is 0.494 e. The van der Waals surface area contributed by atoms with Crippen molar-refractivity contribution < 1.29 is 4.74 Å². The number of halogens is 1. The quantitative estimate of drug-likeness (QED) is 0.482. The van der Waals surface area contributed by atoms with Crippen molar-refractivity contribution in [2.75, 3.05) is 11.9 Å². The van der Waals surface area contributed by atoms with Crippen LogP contribution >= 0.6 is 22.9 Å². The van der Waals surface area contributed by atoms with Crippen molar-refractivity contribution in [3.63, 3.8) is 0 Å². The number of unbranched alkanes of at least 4 members (excludes halogenated alkanes) is 3. The van der Waals surface area contributed by atoms with Crippen LogP contribution in [0.5, 0.6) is 5.75 Å². The minimum atomic E-state index is 0.447. The molecule has 2 aromatic rings. The topological polar surface area (TPSA) is 34.1 Å². The lowest BCUT2D eigenvalue weighted by molar-refractivity contribution is 0.305. The molecule has 0 unspecified atom stereocenters. The van der Waals surface area contributed by atoms with Gasteiger partial charge in [-0.2, -0.15) is 0 Å². The summed E-state index contributed by atoms with van der Waals surface area (Å²) in [5.41, 5.74) is 1.90. The van der Waals surface area contributed by atoms with Gasteiger partial charge < -0.3 is 10.1 Å². The number of hydrogen-bond donors (Lipinski definition) is 1. The van der Waals surface area contributed by atoms with Gasteiger partial charge in [-0.3, -0.25) is 0 Å². The van der Waals surface area contributed by atoms with Crippen molar-refractivity contribution in [1.82, 2.24) is 4.98 Å². The maximum atomic E-state index is 5.74. The van der Waals surface area contributed by atoms with Crippen LogP contribution in [0.25, 0.3) is 0 Å². The molecule has 0 aliphatic carbocycles. The van der Waals surface area contributed by atoms with Crippen LogP contribution in [0.3, 0.4) is 0 Å². The lowest BCUT2D eigenvalue weighted by atomic mass is 10.2. The predicted molar refractivity (Wildman–Crippen MR) is 91.0 cm³/mol. The third kappa shape index (κ3) is 5.56. The average Bonchev–Trinajstić information content (AvgIpc) is 2.96. The van der Waals surface area contributed by atoms with Crippen LogP contribution < -0.4 is 10.1 Å². The molecule has 0 amide bonds. The fraction of sp³-hybridized carbons (Fsp3) is 0.438. The third-order valence-electron chi connectivity index (χ3n) is 3.06. The molecule has 1 aromatic carbocycles. The number of alkyl halides is 1. The predicted octanol–water partition coefficient (Wildman–Crippen LogP) is 5.58. The molecule has 0 fully saturated rings. The van der Waals surface area contributed by atoms with Crippen LogP contribution in [-0.2, 0) is 5.88 Å². The number of anilines is 2. The summed E-state index contributed by atoms with van der Waals surface area (Å²) in [6.45, 7) is 3.00. The van der Waals surface area contributed by atoms with Gasteiger partial charge in [0.2, 0.25) is 0 Å². The van der Waals surface area contributed by atoms with E-state index in [-0.39, 0.29) is 0 Å². The Kier molecular flexibility index (Phi) is 6.83. The van der Waals surface area contributed by atoms with Crippen molar-refractivity contribution in [1.29, 1.82) is 0 Å². The maximum absolute atomic E-state index is 5.74. The zero-order valence-corrected chi connectivity index (χ0v) is 13.8. The normalized spacial score (nSPS) is 10.6. The number of hydrogen-bond acceptors (Lipinski definition) is 4. The van der Waals surface area contributed by atoms with E-state index in [1.807, 2.05) is 29.6 Å². The second kappa shape index (κ2) is 8.90. The van der Waals surface area contributed by atoms with Crippen molar-refractivity contribution in [2.45, 2.75) is 38.5 Å². The Hall–Kier alpha value is -1.26. The zero-order valence-electron chi connectivity index (χ0n) is 12.3. The Balaban J connectivity index is 1.78. The second-order valence-corrected chi connectivity index (χ2v) is 5.96. The highest BCUT2D eigenvalue weighted by Gasteiger charge is 2.02. The SMILES string of the molecule is CCCCCCOc1ccc(Nc2nc(CCl)cs2)cc1. The Morgan fingerprint density at radius 1 is 1.19 bits per heavy atom. The summed E-state index contributed by atoms with van der Waals surface area (Å²) in [6.07, 6.45) is 4.89. The van der Waals surface area contributed by atoms with E-state index in [0.29, 0.717) is 5.88 Å². The fourth-order valence-electron chi connectivity index (χ4n) is 1.90. The van der Waals surface area contributed by atoms with Crippen LogP contribution in [0.15, 0.2) is 29.6 Å². The minimum Gasteiger partial charge on any atom is -0.494 e. The van der Waals surface area contributed by atoms with Gasteiger partial charge in [-0.15, -0.1) is 22.9 Å². The molecule has 0 saturated carbocycles. The highest BCUT2D eigenvalue weighted by Crippen LogP contribution is 2.23. The summed E-state index contributed by atoms with van der Waals surface area (Å²) in [4.78, 5) is 4.37. The van der Waals surface area contributed by atoms with Crippen molar-refractivity contribution in [3.05, 3.63) is 35.3 Å². The van der Waals surface area contributed by atoms with Gasteiger partial charge in [0, 0.05) is 11.1 Å². The van der Waals surface area contributed by atoms with E-state index in [2.05, 4.69) is 17.2 Å². The molecule has 0 spiro atoms. The standard InChI is InChI=1S/C16H21ClN2OS/c1-2-3-4-5-10-20-15-8-6-13(7-9-15)18-16-19-14(11-17)12-21-16/h6-9,12H,2-5,10-11H2,1H3,(H,18,19). The smallest absolute Gasteiger partial charge is 0.187 e. The summed E-state index contributed by atoms with van der Waals surface area (Å²) in [6, 6.07) is 7.97. The van der Waals surface area contributed by atoms with E-state index in [1.54, 1.807) is 11.3 Å². The molecule has 3 nitrogen and oxygen atoms in total. The van der Waals surface area contributed by atoms with E-state index in [0.717, 1.165) is 35.3 Å². The average molecular weight is 325 g/mol. The molecule has 0 aliphatic heterocycles. The number of rotatable bonds is 9. The van der Waals surface area contributed by atoms with E-state index >= 15 is 0 Å².